The van der Waals surface area contributed by atoms with Gasteiger partial charge in [-0.15, -0.1) is 11.8 Å². The Hall–Kier alpha value is -1.79. The summed E-state index contributed by atoms with van der Waals surface area (Å²) in [5.74, 6) is 0.985. The molecule has 4 nitrogen and oxygen atoms in total. The fourth-order valence-electron chi connectivity index (χ4n) is 3.26. The number of amides is 2. The van der Waals surface area contributed by atoms with Crippen LogP contribution in [0.4, 0.5) is 0 Å². The molecule has 0 radical (unpaired) electrons. The van der Waals surface area contributed by atoms with Crippen LogP contribution in [-0.4, -0.2) is 35.1 Å². The molecule has 0 aromatic heterocycles. The van der Waals surface area contributed by atoms with Crippen LogP contribution in [0.2, 0.25) is 0 Å². The summed E-state index contributed by atoms with van der Waals surface area (Å²) in [6.07, 6.45) is 0.866. The number of halogens is 1. The van der Waals surface area contributed by atoms with Gasteiger partial charge in [0.05, 0.1) is 5.75 Å². The Kier molecular flexibility index (Phi) is 9.92. The first-order valence-electron chi connectivity index (χ1n) is 10.3. The van der Waals surface area contributed by atoms with E-state index >= 15 is 0 Å². The molecule has 0 bridgehead atoms. The first-order chi connectivity index (χ1) is 14.3. The van der Waals surface area contributed by atoms with Gasteiger partial charge < -0.3 is 10.2 Å². The van der Waals surface area contributed by atoms with Gasteiger partial charge in [0, 0.05) is 23.3 Å². The molecule has 0 saturated carbocycles. The van der Waals surface area contributed by atoms with Crippen LogP contribution in [0.1, 0.15) is 42.5 Å². The predicted molar refractivity (Wildman–Crippen MR) is 130 cm³/mol. The van der Waals surface area contributed by atoms with Gasteiger partial charge in [-0.05, 0) is 50.5 Å². The Morgan fingerprint density at radius 2 is 1.70 bits per heavy atom. The molecule has 2 amide bonds. The molecule has 6 heteroatoms. The van der Waals surface area contributed by atoms with E-state index in [1.165, 1.54) is 16.7 Å². The number of nitrogens with zero attached hydrogens (tertiary/aromatic N) is 1. The number of benzene rings is 2. The molecule has 2 aromatic carbocycles. The fraction of sp³-hybridized carbons (Fsp3) is 0.417. The molecule has 30 heavy (non-hydrogen) atoms. The summed E-state index contributed by atoms with van der Waals surface area (Å²) in [7, 11) is 0. The van der Waals surface area contributed by atoms with Crippen LogP contribution in [0.15, 0.2) is 46.9 Å². The Morgan fingerprint density at radius 3 is 2.30 bits per heavy atom. The van der Waals surface area contributed by atoms with Gasteiger partial charge in [-0.2, -0.15) is 0 Å². The number of carbonyl (C=O) groups is 2. The summed E-state index contributed by atoms with van der Waals surface area (Å²) in [5, 5.41) is 2.91. The molecule has 2 aromatic rings. The third kappa shape index (κ3) is 7.80. The van der Waals surface area contributed by atoms with E-state index in [4.69, 9.17) is 0 Å². The number of hydrogen-bond acceptors (Lipinski definition) is 3. The third-order valence-corrected chi connectivity index (χ3v) is 6.28. The molecular weight excluding hydrogens is 460 g/mol. The Balaban J connectivity index is 2.06. The van der Waals surface area contributed by atoms with Gasteiger partial charge in [0.1, 0.15) is 6.04 Å². The number of aryl methyl sites for hydroxylation is 2. The zero-order valence-electron chi connectivity index (χ0n) is 18.2. The van der Waals surface area contributed by atoms with Crippen LogP contribution in [0.25, 0.3) is 0 Å². The Bertz CT molecular complexity index is 835. The van der Waals surface area contributed by atoms with Crippen LogP contribution in [0, 0.1) is 13.8 Å². The molecule has 1 N–H and O–H groups in total. The van der Waals surface area contributed by atoms with E-state index in [9.17, 15) is 9.59 Å². The predicted octanol–water partition coefficient (Wildman–Crippen LogP) is 5.24. The lowest BCUT2D eigenvalue weighted by atomic mass is 10.1. The number of thioether (sulfide) groups is 1. The summed E-state index contributed by atoms with van der Waals surface area (Å²) in [6, 6.07) is 13.8. The van der Waals surface area contributed by atoms with Crippen molar-refractivity contribution in [1.82, 2.24) is 10.2 Å². The molecule has 0 fully saturated rings. The zero-order chi connectivity index (χ0) is 22.1. The first kappa shape index (κ1) is 24.5. The smallest absolute Gasteiger partial charge is 0.242 e. The van der Waals surface area contributed by atoms with Gasteiger partial charge in [0.25, 0.3) is 0 Å². The Morgan fingerprint density at radius 1 is 1.07 bits per heavy atom. The largest absolute Gasteiger partial charge is 0.354 e. The minimum atomic E-state index is -0.519. The standard InChI is InChI=1S/C24H31BrN2O2S/c1-5-10-26-24(29)19(4)27(14-20-6-8-22(25)9-7-20)23(28)16-30-15-21-12-17(2)11-18(3)13-21/h6-9,11-13,19H,5,10,14-16H2,1-4H3,(H,26,29)/t19-/m0/s1. The lowest BCUT2D eigenvalue weighted by molar-refractivity contribution is -0.138. The van der Waals surface area contributed by atoms with E-state index in [1.54, 1.807) is 23.6 Å². The maximum absolute atomic E-state index is 13.1. The molecule has 0 unspecified atom stereocenters. The normalized spacial score (nSPS) is 11.8. The highest BCUT2D eigenvalue weighted by atomic mass is 79.9. The molecular formula is C24H31BrN2O2S. The van der Waals surface area contributed by atoms with Crippen molar-refractivity contribution in [2.75, 3.05) is 12.3 Å². The van der Waals surface area contributed by atoms with Gasteiger partial charge in [0.2, 0.25) is 11.8 Å². The van der Waals surface area contributed by atoms with Gasteiger partial charge in [-0.1, -0.05) is 64.3 Å². The molecule has 162 valence electrons. The minimum absolute atomic E-state index is 0.0218. The summed E-state index contributed by atoms with van der Waals surface area (Å²) in [5.41, 5.74) is 4.68. The van der Waals surface area contributed by atoms with E-state index in [-0.39, 0.29) is 11.8 Å². The molecule has 1 atom stereocenters. The van der Waals surface area contributed by atoms with Crippen molar-refractivity contribution in [3.63, 3.8) is 0 Å². The molecule has 0 heterocycles. The minimum Gasteiger partial charge on any atom is -0.354 e. The van der Waals surface area contributed by atoms with E-state index in [2.05, 4.69) is 53.3 Å². The summed E-state index contributed by atoms with van der Waals surface area (Å²) in [6.45, 7) is 9.02. The topological polar surface area (TPSA) is 49.4 Å². The number of hydrogen-bond donors (Lipinski definition) is 1. The number of carbonyl (C=O) groups excluding carboxylic acids is 2. The summed E-state index contributed by atoms with van der Waals surface area (Å²) >= 11 is 5.03. The van der Waals surface area contributed by atoms with Gasteiger partial charge >= 0.3 is 0 Å². The molecule has 0 aliphatic rings. The molecule has 0 saturated heterocycles. The average Bonchev–Trinajstić information content (AvgIpc) is 2.70. The lowest BCUT2D eigenvalue weighted by Crippen LogP contribution is -2.48. The van der Waals surface area contributed by atoms with Crippen molar-refractivity contribution < 1.29 is 9.59 Å². The van der Waals surface area contributed by atoms with Crippen LogP contribution in [-0.2, 0) is 21.9 Å². The van der Waals surface area contributed by atoms with E-state index in [0.29, 0.717) is 18.8 Å². The van der Waals surface area contributed by atoms with E-state index < -0.39 is 6.04 Å². The quantitative estimate of drug-likeness (QED) is 0.495. The van der Waals surface area contributed by atoms with Crippen molar-refractivity contribution in [3.8, 4) is 0 Å². The monoisotopic (exact) mass is 490 g/mol. The highest BCUT2D eigenvalue weighted by molar-refractivity contribution is 9.10. The summed E-state index contributed by atoms with van der Waals surface area (Å²) in [4.78, 5) is 27.3. The maximum atomic E-state index is 13.1. The molecule has 0 aliphatic carbocycles. The molecule has 2 rings (SSSR count). The average molecular weight is 491 g/mol. The number of rotatable bonds is 10. The SMILES string of the molecule is CCCNC(=O)[C@H](C)N(Cc1ccc(Br)cc1)C(=O)CSCc1cc(C)cc(C)c1. The second-order valence-electron chi connectivity index (χ2n) is 7.60. The van der Waals surface area contributed by atoms with Gasteiger partial charge in [0.15, 0.2) is 0 Å². The zero-order valence-corrected chi connectivity index (χ0v) is 20.6. The summed E-state index contributed by atoms with van der Waals surface area (Å²) < 4.78 is 0.988. The molecule has 0 aliphatic heterocycles. The van der Waals surface area contributed by atoms with E-state index in [0.717, 1.165) is 22.2 Å². The van der Waals surface area contributed by atoms with Crippen molar-refractivity contribution >= 4 is 39.5 Å². The third-order valence-electron chi connectivity index (χ3n) is 4.76. The lowest BCUT2D eigenvalue weighted by Gasteiger charge is -2.28. The first-order valence-corrected chi connectivity index (χ1v) is 12.2. The second-order valence-corrected chi connectivity index (χ2v) is 9.51. The highest BCUT2D eigenvalue weighted by Crippen LogP contribution is 2.19. The fourth-order valence-corrected chi connectivity index (χ4v) is 4.37. The van der Waals surface area contributed by atoms with E-state index in [1.807, 2.05) is 31.2 Å². The van der Waals surface area contributed by atoms with Gasteiger partial charge in [-0.25, -0.2) is 0 Å². The molecule has 0 spiro atoms. The van der Waals surface area contributed by atoms with Crippen LogP contribution in [0.5, 0.6) is 0 Å². The highest BCUT2D eigenvalue weighted by Gasteiger charge is 2.25. The maximum Gasteiger partial charge on any atom is 0.242 e. The van der Waals surface area contributed by atoms with Crippen molar-refractivity contribution in [2.45, 2.75) is 52.5 Å². The van der Waals surface area contributed by atoms with Crippen LogP contribution >= 0.6 is 27.7 Å². The Labute approximate surface area is 192 Å². The van der Waals surface area contributed by atoms with Crippen LogP contribution in [0.3, 0.4) is 0 Å². The van der Waals surface area contributed by atoms with Crippen molar-refractivity contribution in [2.24, 2.45) is 0 Å². The van der Waals surface area contributed by atoms with Crippen molar-refractivity contribution in [3.05, 3.63) is 69.2 Å². The van der Waals surface area contributed by atoms with Gasteiger partial charge in [-0.3, -0.25) is 9.59 Å². The van der Waals surface area contributed by atoms with Crippen molar-refractivity contribution in [1.29, 1.82) is 0 Å². The van der Waals surface area contributed by atoms with Crippen LogP contribution < -0.4 is 5.32 Å². The second kappa shape index (κ2) is 12.2. The number of nitrogens with one attached hydrogen (secondary N) is 1.